The summed E-state index contributed by atoms with van der Waals surface area (Å²) in [7, 11) is 0. The highest BCUT2D eigenvalue weighted by atomic mass is 32.1. The smallest absolute Gasteiger partial charge is 0.325 e. The molecule has 49 heavy (non-hydrogen) atoms. The summed E-state index contributed by atoms with van der Waals surface area (Å²) in [4.78, 5) is 48.6. The van der Waals surface area contributed by atoms with Gasteiger partial charge in [0.15, 0.2) is 5.82 Å². The lowest BCUT2D eigenvalue weighted by Gasteiger charge is -2.28. The fourth-order valence-electron chi connectivity index (χ4n) is 6.47. The van der Waals surface area contributed by atoms with Crippen LogP contribution in [0.4, 0.5) is 0 Å². The van der Waals surface area contributed by atoms with Gasteiger partial charge in [0.25, 0.3) is 5.91 Å². The van der Waals surface area contributed by atoms with E-state index in [4.69, 9.17) is 0 Å². The van der Waals surface area contributed by atoms with E-state index < -0.39 is 24.0 Å². The van der Waals surface area contributed by atoms with Crippen LogP contribution in [0.5, 0.6) is 0 Å². The van der Waals surface area contributed by atoms with E-state index in [-0.39, 0.29) is 17.7 Å². The van der Waals surface area contributed by atoms with Crippen molar-refractivity contribution in [1.82, 2.24) is 20.6 Å². The van der Waals surface area contributed by atoms with Gasteiger partial charge in [-0.3, -0.25) is 14.4 Å². The van der Waals surface area contributed by atoms with Crippen LogP contribution < -0.4 is 10.6 Å². The molecule has 9 heteroatoms. The minimum atomic E-state index is -1.15. The average molecular weight is 681 g/mol. The minimum absolute atomic E-state index is 0.110. The second kappa shape index (κ2) is 15.9. The van der Waals surface area contributed by atoms with Crippen molar-refractivity contribution in [3.63, 3.8) is 0 Å². The Kier molecular flexibility index (Phi) is 11.7. The maximum Gasteiger partial charge on any atom is 0.325 e. The number of aromatic nitrogens is 2. The Morgan fingerprint density at radius 2 is 1.49 bits per heavy atom. The predicted molar refractivity (Wildman–Crippen MR) is 196 cm³/mol. The molecule has 1 fully saturated rings. The monoisotopic (exact) mass is 680 g/mol. The summed E-state index contributed by atoms with van der Waals surface area (Å²) >= 11 is 1.38. The van der Waals surface area contributed by atoms with Gasteiger partial charge in [0, 0.05) is 34.8 Å². The molecule has 3 N–H and O–H groups in total. The predicted octanol–water partition coefficient (Wildman–Crippen LogP) is 8.17. The van der Waals surface area contributed by atoms with Crippen molar-refractivity contribution in [2.24, 2.45) is 5.92 Å². The van der Waals surface area contributed by atoms with E-state index in [1.165, 1.54) is 62.3 Å². The molecule has 258 valence electrons. The molecular weight excluding hydrogens is 633 g/mol. The summed E-state index contributed by atoms with van der Waals surface area (Å²) in [5.74, 6) is 0.0429. The molecule has 2 atom stereocenters. The molecule has 0 aliphatic heterocycles. The summed E-state index contributed by atoms with van der Waals surface area (Å²) in [5, 5.41) is 14.7. The number of hydrogen-bond donors (Lipinski definition) is 3. The van der Waals surface area contributed by atoms with Crippen molar-refractivity contribution < 1.29 is 19.5 Å². The minimum Gasteiger partial charge on any atom is -0.480 e. The first-order valence-corrected chi connectivity index (χ1v) is 18.2. The van der Waals surface area contributed by atoms with Gasteiger partial charge in [0.1, 0.15) is 12.1 Å². The number of carboxylic acids is 1. The topological polar surface area (TPSA) is 121 Å². The highest BCUT2D eigenvalue weighted by Crippen LogP contribution is 2.38. The van der Waals surface area contributed by atoms with Crippen LogP contribution in [-0.4, -0.2) is 44.9 Å². The van der Waals surface area contributed by atoms with Gasteiger partial charge in [0.05, 0.1) is 4.88 Å². The van der Waals surface area contributed by atoms with Crippen molar-refractivity contribution in [3.05, 3.63) is 93.9 Å². The lowest BCUT2D eigenvalue weighted by atomic mass is 9.77. The number of benzene rings is 2. The van der Waals surface area contributed by atoms with Gasteiger partial charge in [0.2, 0.25) is 5.91 Å². The van der Waals surface area contributed by atoms with E-state index in [0.717, 1.165) is 33.0 Å². The zero-order valence-corrected chi connectivity index (χ0v) is 30.0. The molecule has 4 aromatic rings. The van der Waals surface area contributed by atoms with Gasteiger partial charge in [-0.05, 0) is 78.7 Å². The molecule has 2 heterocycles. The molecule has 1 aliphatic carbocycles. The van der Waals surface area contributed by atoms with Crippen molar-refractivity contribution in [2.45, 2.75) is 103 Å². The number of nitrogens with one attached hydrogen (secondary N) is 2. The first-order valence-electron chi connectivity index (χ1n) is 17.4. The van der Waals surface area contributed by atoms with Crippen LogP contribution in [0.1, 0.15) is 105 Å². The van der Waals surface area contributed by atoms with Crippen LogP contribution in [0.15, 0.2) is 73.1 Å². The number of hydrogen-bond acceptors (Lipinski definition) is 6. The van der Waals surface area contributed by atoms with Crippen molar-refractivity contribution in [2.75, 3.05) is 0 Å². The third-order valence-corrected chi connectivity index (χ3v) is 11.0. The first kappa shape index (κ1) is 35.9. The Morgan fingerprint density at radius 1 is 0.857 bits per heavy atom. The standard InChI is InChI=1S/C40H48N4O4S/c1-6-7-26-8-12-28(13-9-26)29-16-18-30(19-17-29)32-23-41-36(42-24-32)31-14-10-27(11-15-31)22-33(37(45)43-25(2)39(47)48)44-38(46)34-20-21-35(49-34)40(3,4)5/h10-11,14-21,23-26,28,33H,6-9,12-13,22H2,1-5H3,(H,43,45)(H,44,46)(H,47,48)/t25-,26-,28-,33+/m1/s1. The molecule has 0 spiro atoms. The number of carboxylic acid groups (broad SMARTS) is 1. The fourth-order valence-corrected chi connectivity index (χ4v) is 7.44. The number of thiophene rings is 1. The van der Waals surface area contributed by atoms with Crippen LogP contribution in [-0.2, 0) is 21.4 Å². The summed E-state index contributed by atoms with van der Waals surface area (Å²) < 4.78 is 0. The molecule has 0 unspecified atom stereocenters. The largest absolute Gasteiger partial charge is 0.480 e. The van der Waals surface area contributed by atoms with Gasteiger partial charge in [-0.2, -0.15) is 0 Å². The second-order valence-corrected chi connectivity index (χ2v) is 15.4. The quantitative estimate of drug-likeness (QED) is 0.139. The van der Waals surface area contributed by atoms with E-state index in [1.54, 1.807) is 6.07 Å². The summed E-state index contributed by atoms with van der Waals surface area (Å²) in [6.45, 7) is 9.90. The Labute approximate surface area is 293 Å². The molecule has 2 aromatic carbocycles. The Balaban J connectivity index is 1.24. The Hall–Kier alpha value is -4.37. The van der Waals surface area contributed by atoms with E-state index in [9.17, 15) is 19.5 Å². The number of carbonyl (C=O) groups is 3. The highest BCUT2D eigenvalue weighted by molar-refractivity contribution is 7.14. The van der Waals surface area contributed by atoms with Crippen molar-refractivity contribution in [3.8, 4) is 22.5 Å². The van der Waals surface area contributed by atoms with Crippen LogP contribution in [0.25, 0.3) is 22.5 Å². The van der Waals surface area contributed by atoms with Crippen LogP contribution in [0.3, 0.4) is 0 Å². The molecule has 8 nitrogen and oxygen atoms in total. The van der Waals surface area contributed by atoms with E-state index in [1.807, 2.05) is 42.7 Å². The molecule has 5 rings (SSSR count). The van der Waals surface area contributed by atoms with Crippen molar-refractivity contribution >= 4 is 29.1 Å². The first-order chi connectivity index (χ1) is 23.4. The van der Waals surface area contributed by atoms with Crippen LogP contribution in [0.2, 0.25) is 0 Å². The van der Waals surface area contributed by atoms with E-state index in [0.29, 0.717) is 16.6 Å². The van der Waals surface area contributed by atoms with Crippen LogP contribution >= 0.6 is 11.3 Å². The molecular formula is C40H48N4O4S. The number of carbonyl (C=O) groups excluding carboxylic acids is 2. The van der Waals surface area contributed by atoms with Gasteiger partial charge in [-0.1, -0.05) is 89.1 Å². The average Bonchev–Trinajstić information content (AvgIpc) is 3.61. The zero-order chi connectivity index (χ0) is 35.1. The summed E-state index contributed by atoms with van der Waals surface area (Å²) in [6, 6.07) is 18.0. The Bertz CT molecular complexity index is 1720. The molecule has 2 aromatic heterocycles. The maximum atomic E-state index is 13.2. The second-order valence-electron chi connectivity index (χ2n) is 14.3. The Morgan fingerprint density at radius 3 is 2.06 bits per heavy atom. The summed E-state index contributed by atoms with van der Waals surface area (Å²) in [5.41, 5.74) is 4.98. The summed E-state index contributed by atoms with van der Waals surface area (Å²) in [6.07, 6.45) is 11.7. The molecule has 2 amide bonds. The van der Waals surface area contributed by atoms with Gasteiger partial charge >= 0.3 is 5.97 Å². The van der Waals surface area contributed by atoms with Crippen molar-refractivity contribution in [1.29, 1.82) is 0 Å². The molecule has 0 radical (unpaired) electrons. The van der Waals surface area contributed by atoms with Crippen LogP contribution in [0, 0.1) is 5.92 Å². The molecule has 1 saturated carbocycles. The number of nitrogens with zero attached hydrogens (tertiary/aromatic N) is 2. The lowest BCUT2D eigenvalue weighted by Crippen LogP contribution is -2.51. The third kappa shape index (κ3) is 9.41. The lowest BCUT2D eigenvalue weighted by molar-refractivity contribution is -0.141. The number of rotatable bonds is 12. The van der Waals surface area contributed by atoms with E-state index >= 15 is 0 Å². The van der Waals surface area contributed by atoms with Gasteiger partial charge < -0.3 is 15.7 Å². The zero-order valence-electron chi connectivity index (χ0n) is 29.2. The molecule has 1 aliphatic rings. The SMILES string of the molecule is CCC[C@H]1CC[C@H](c2ccc(-c3cnc(-c4ccc(C[C@H](NC(=O)c5ccc(C(C)(C)C)s5)C(=O)N[C@H](C)C(=O)O)cc4)nc3)cc2)CC1. The highest BCUT2D eigenvalue weighted by Gasteiger charge is 2.27. The molecule has 0 bridgehead atoms. The van der Waals surface area contributed by atoms with Gasteiger partial charge in [-0.15, -0.1) is 11.3 Å². The normalized spacial score (nSPS) is 17.6. The molecule has 0 saturated heterocycles. The van der Waals surface area contributed by atoms with E-state index in [2.05, 4.69) is 72.6 Å². The number of amides is 2. The number of aliphatic carboxylic acids is 1. The maximum absolute atomic E-state index is 13.2. The fraction of sp³-hybridized carbons (Fsp3) is 0.425. The third-order valence-electron chi connectivity index (χ3n) is 9.48. The van der Waals surface area contributed by atoms with Gasteiger partial charge in [-0.25, -0.2) is 9.97 Å².